The van der Waals surface area contributed by atoms with E-state index >= 15 is 0 Å². The Bertz CT molecular complexity index is 915. The molecule has 1 amide bonds. The van der Waals surface area contributed by atoms with Crippen LogP contribution >= 0.6 is 11.3 Å². The van der Waals surface area contributed by atoms with Gasteiger partial charge in [0, 0.05) is 48.5 Å². The largest absolute Gasteiger partial charge is 0.369 e. The van der Waals surface area contributed by atoms with Gasteiger partial charge in [0.2, 0.25) is 5.91 Å². The molecule has 1 aliphatic heterocycles. The molecule has 1 fully saturated rings. The van der Waals surface area contributed by atoms with Gasteiger partial charge in [0.15, 0.2) is 0 Å². The SMILES string of the molecule is CN1CCN(c2ccc(NC(=O)Cc3csc(-c4ccccc4)n3)cc2)CC1. The zero-order valence-corrected chi connectivity index (χ0v) is 16.8. The van der Waals surface area contributed by atoms with Gasteiger partial charge in [-0.3, -0.25) is 4.79 Å². The van der Waals surface area contributed by atoms with E-state index in [0.29, 0.717) is 0 Å². The van der Waals surface area contributed by atoms with E-state index in [1.807, 2.05) is 47.8 Å². The number of hydrogen-bond acceptors (Lipinski definition) is 5. The topological polar surface area (TPSA) is 48.5 Å². The summed E-state index contributed by atoms with van der Waals surface area (Å²) in [7, 11) is 2.15. The molecule has 6 heteroatoms. The molecule has 2 aromatic carbocycles. The Labute approximate surface area is 169 Å². The molecule has 0 unspecified atom stereocenters. The maximum absolute atomic E-state index is 12.4. The van der Waals surface area contributed by atoms with Gasteiger partial charge >= 0.3 is 0 Å². The number of piperazine rings is 1. The van der Waals surface area contributed by atoms with E-state index in [9.17, 15) is 4.79 Å². The number of hydrogen-bond donors (Lipinski definition) is 1. The Morgan fingerprint density at radius 1 is 1.04 bits per heavy atom. The van der Waals surface area contributed by atoms with E-state index in [2.05, 4.69) is 39.3 Å². The highest BCUT2D eigenvalue weighted by molar-refractivity contribution is 7.13. The number of nitrogens with zero attached hydrogens (tertiary/aromatic N) is 3. The van der Waals surface area contributed by atoms with Crippen LogP contribution in [-0.2, 0) is 11.2 Å². The molecule has 1 saturated heterocycles. The van der Waals surface area contributed by atoms with Crippen molar-refractivity contribution in [3.63, 3.8) is 0 Å². The van der Waals surface area contributed by atoms with E-state index in [1.165, 1.54) is 5.69 Å². The molecule has 0 atom stereocenters. The molecule has 2 heterocycles. The molecular formula is C22H24N4OS. The first kappa shape index (κ1) is 18.7. The van der Waals surface area contributed by atoms with Gasteiger partial charge in [-0.05, 0) is 31.3 Å². The summed E-state index contributed by atoms with van der Waals surface area (Å²) in [5, 5.41) is 5.88. The number of thiazole rings is 1. The summed E-state index contributed by atoms with van der Waals surface area (Å²) in [4.78, 5) is 21.7. The van der Waals surface area contributed by atoms with Crippen molar-refractivity contribution in [3.05, 3.63) is 65.7 Å². The van der Waals surface area contributed by atoms with Crippen molar-refractivity contribution in [1.82, 2.24) is 9.88 Å². The number of aromatic nitrogens is 1. The van der Waals surface area contributed by atoms with Crippen LogP contribution in [0.5, 0.6) is 0 Å². The van der Waals surface area contributed by atoms with Crippen LogP contribution < -0.4 is 10.2 Å². The first-order valence-electron chi connectivity index (χ1n) is 9.50. The maximum atomic E-state index is 12.4. The summed E-state index contributed by atoms with van der Waals surface area (Å²) >= 11 is 1.57. The smallest absolute Gasteiger partial charge is 0.230 e. The maximum Gasteiger partial charge on any atom is 0.230 e. The number of benzene rings is 2. The van der Waals surface area contributed by atoms with Gasteiger partial charge in [0.25, 0.3) is 0 Å². The highest BCUT2D eigenvalue weighted by Gasteiger charge is 2.14. The van der Waals surface area contributed by atoms with Gasteiger partial charge in [-0.25, -0.2) is 4.98 Å². The Hall–Kier alpha value is -2.70. The van der Waals surface area contributed by atoms with Gasteiger partial charge in [-0.2, -0.15) is 0 Å². The highest BCUT2D eigenvalue weighted by Crippen LogP contribution is 2.24. The molecule has 0 spiro atoms. The van der Waals surface area contributed by atoms with Crippen molar-refractivity contribution < 1.29 is 4.79 Å². The minimum atomic E-state index is -0.0442. The van der Waals surface area contributed by atoms with E-state index in [4.69, 9.17) is 0 Å². The molecule has 4 rings (SSSR count). The predicted octanol–water partition coefficient (Wildman–Crippen LogP) is 3.74. The van der Waals surface area contributed by atoms with Crippen molar-refractivity contribution >= 4 is 28.6 Å². The lowest BCUT2D eigenvalue weighted by Crippen LogP contribution is -2.44. The van der Waals surface area contributed by atoms with Crippen LogP contribution in [0.1, 0.15) is 5.69 Å². The zero-order chi connectivity index (χ0) is 19.3. The average Bonchev–Trinajstić information content (AvgIpc) is 3.18. The van der Waals surface area contributed by atoms with Crippen LogP contribution in [0.15, 0.2) is 60.0 Å². The molecule has 0 bridgehead atoms. The Kier molecular flexibility index (Phi) is 5.69. The van der Waals surface area contributed by atoms with Crippen molar-refractivity contribution in [3.8, 4) is 10.6 Å². The highest BCUT2D eigenvalue weighted by atomic mass is 32.1. The predicted molar refractivity (Wildman–Crippen MR) is 116 cm³/mol. The number of nitrogens with one attached hydrogen (secondary N) is 1. The van der Waals surface area contributed by atoms with Gasteiger partial charge < -0.3 is 15.1 Å². The molecule has 28 heavy (non-hydrogen) atoms. The molecule has 3 aromatic rings. The fourth-order valence-electron chi connectivity index (χ4n) is 3.29. The van der Waals surface area contributed by atoms with Crippen LogP contribution in [-0.4, -0.2) is 49.0 Å². The van der Waals surface area contributed by atoms with Gasteiger partial charge in [0.05, 0.1) is 12.1 Å². The molecule has 0 aliphatic carbocycles. The molecule has 1 aliphatic rings. The van der Waals surface area contributed by atoms with Crippen LogP contribution in [0.4, 0.5) is 11.4 Å². The standard InChI is InChI=1S/C22H24N4OS/c1-25-11-13-26(14-12-25)20-9-7-18(8-10-20)23-21(27)15-19-16-28-22(24-19)17-5-3-2-4-6-17/h2-10,16H,11-15H2,1H3,(H,23,27). The second kappa shape index (κ2) is 8.54. The number of amides is 1. The summed E-state index contributed by atoms with van der Waals surface area (Å²) in [6.07, 6.45) is 0.281. The summed E-state index contributed by atoms with van der Waals surface area (Å²) < 4.78 is 0. The summed E-state index contributed by atoms with van der Waals surface area (Å²) in [6, 6.07) is 18.2. The quantitative estimate of drug-likeness (QED) is 0.719. The molecular weight excluding hydrogens is 368 g/mol. The van der Waals surface area contributed by atoms with Crippen LogP contribution in [0, 0.1) is 0 Å². The number of anilines is 2. The Morgan fingerprint density at radius 2 is 1.75 bits per heavy atom. The molecule has 0 saturated carbocycles. The summed E-state index contributed by atoms with van der Waals surface area (Å²) in [5.74, 6) is -0.0442. The van der Waals surface area contributed by atoms with Crippen molar-refractivity contribution in [2.45, 2.75) is 6.42 Å². The van der Waals surface area contributed by atoms with E-state index in [1.54, 1.807) is 11.3 Å². The first-order valence-corrected chi connectivity index (χ1v) is 10.4. The van der Waals surface area contributed by atoms with E-state index < -0.39 is 0 Å². The lowest BCUT2D eigenvalue weighted by Gasteiger charge is -2.34. The number of rotatable bonds is 5. The Balaban J connectivity index is 1.33. The lowest BCUT2D eigenvalue weighted by molar-refractivity contribution is -0.115. The van der Waals surface area contributed by atoms with Gasteiger partial charge in [-0.15, -0.1) is 11.3 Å². The summed E-state index contributed by atoms with van der Waals surface area (Å²) in [6.45, 7) is 4.24. The normalized spacial score (nSPS) is 14.8. The van der Waals surface area contributed by atoms with Crippen molar-refractivity contribution in [2.24, 2.45) is 0 Å². The molecule has 144 valence electrons. The third-order valence-corrected chi connectivity index (χ3v) is 5.87. The molecule has 5 nitrogen and oxygen atoms in total. The van der Waals surface area contributed by atoms with Crippen molar-refractivity contribution in [1.29, 1.82) is 0 Å². The minimum absolute atomic E-state index is 0.0442. The van der Waals surface area contributed by atoms with Crippen LogP contribution in [0.2, 0.25) is 0 Å². The van der Waals surface area contributed by atoms with Gasteiger partial charge in [-0.1, -0.05) is 30.3 Å². The van der Waals surface area contributed by atoms with E-state index in [0.717, 1.165) is 48.1 Å². The van der Waals surface area contributed by atoms with E-state index in [-0.39, 0.29) is 12.3 Å². The average molecular weight is 393 g/mol. The van der Waals surface area contributed by atoms with Crippen LogP contribution in [0.25, 0.3) is 10.6 Å². The lowest BCUT2D eigenvalue weighted by atomic mass is 10.2. The Morgan fingerprint density at radius 3 is 2.46 bits per heavy atom. The molecule has 1 aromatic heterocycles. The molecule has 0 radical (unpaired) electrons. The number of likely N-dealkylation sites (N-methyl/N-ethyl adjacent to an activating group) is 1. The number of carbonyl (C=O) groups is 1. The first-order chi connectivity index (χ1) is 13.7. The van der Waals surface area contributed by atoms with Crippen molar-refractivity contribution in [2.75, 3.05) is 43.4 Å². The third-order valence-electron chi connectivity index (χ3n) is 4.93. The zero-order valence-electron chi connectivity index (χ0n) is 16.0. The molecule has 1 N–H and O–H groups in total. The fraction of sp³-hybridized carbons (Fsp3) is 0.273. The second-order valence-corrected chi connectivity index (χ2v) is 7.93. The van der Waals surface area contributed by atoms with Gasteiger partial charge in [0.1, 0.15) is 5.01 Å². The number of carbonyl (C=O) groups excluding carboxylic acids is 1. The van der Waals surface area contributed by atoms with Crippen LogP contribution in [0.3, 0.4) is 0 Å². The monoisotopic (exact) mass is 392 g/mol. The third kappa shape index (κ3) is 4.58. The summed E-state index contributed by atoms with van der Waals surface area (Å²) in [5.41, 5.74) is 3.91. The fourth-order valence-corrected chi connectivity index (χ4v) is 4.12. The minimum Gasteiger partial charge on any atom is -0.369 e. The second-order valence-electron chi connectivity index (χ2n) is 7.07.